The number of anilines is 2. The molecule has 0 fully saturated rings. The lowest BCUT2D eigenvalue weighted by Crippen LogP contribution is -2.20. The molecule has 0 aliphatic rings. The lowest BCUT2D eigenvalue weighted by Gasteiger charge is -2.22. The summed E-state index contributed by atoms with van der Waals surface area (Å²) in [5, 5.41) is 13.3. The van der Waals surface area contributed by atoms with E-state index in [1.807, 2.05) is 31.4 Å². The number of hydrogen-bond donors (Lipinski definition) is 1. The molecule has 7 heteroatoms. The Morgan fingerprint density at radius 1 is 1.00 bits per heavy atom. The van der Waals surface area contributed by atoms with Crippen molar-refractivity contribution in [3.8, 4) is 11.1 Å². The quantitative estimate of drug-likeness (QED) is 0.441. The highest BCUT2D eigenvalue weighted by Crippen LogP contribution is 2.27. The van der Waals surface area contributed by atoms with Crippen LogP contribution >= 0.6 is 0 Å². The van der Waals surface area contributed by atoms with Gasteiger partial charge in [0.05, 0.1) is 0 Å². The van der Waals surface area contributed by atoms with Crippen LogP contribution in [0.3, 0.4) is 0 Å². The van der Waals surface area contributed by atoms with Crippen LogP contribution in [0.25, 0.3) is 11.1 Å². The highest BCUT2D eigenvalue weighted by Gasteiger charge is 2.14. The third-order valence-electron chi connectivity index (χ3n) is 4.95. The van der Waals surface area contributed by atoms with E-state index >= 15 is 0 Å². The fraction of sp³-hybridized carbons (Fsp3) is 0.348. The van der Waals surface area contributed by atoms with Gasteiger partial charge in [0.2, 0.25) is 0 Å². The Balaban J connectivity index is 1.69. The van der Waals surface area contributed by atoms with Crippen molar-refractivity contribution in [2.24, 2.45) is 7.05 Å². The van der Waals surface area contributed by atoms with Gasteiger partial charge < -0.3 is 10.0 Å². The maximum atomic E-state index is 13.3. The summed E-state index contributed by atoms with van der Waals surface area (Å²) >= 11 is 0. The van der Waals surface area contributed by atoms with Gasteiger partial charge in [-0.3, -0.25) is 9.48 Å². The fourth-order valence-corrected chi connectivity index (χ4v) is 3.36. The van der Waals surface area contributed by atoms with Crippen molar-refractivity contribution in [2.75, 3.05) is 11.4 Å². The van der Waals surface area contributed by atoms with Crippen LogP contribution in [-0.2, 0) is 11.8 Å². The summed E-state index contributed by atoms with van der Waals surface area (Å²) in [7, 11) is 1.88. The molecule has 3 aromatic rings. The SMILES string of the molecule is Cn1ccc(N(CCCCCCCC(=O)O)c2cc(-c3ccc(F)cc3)ccn2)n1. The molecule has 0 radical (unpaired) electrons. The van der Waals surface area contributed by atoms with Crippen LogP contribution < -0.4 is 4.90 Å². The van der Waals surface area contributed by atoms with Crippen LogP contribution in [0, 0.1) is 5.82 Å². The summed E-state index contributed by atoms with van der Waals surface area (Å²) in [5.74, 6) is 0.628. The highest BCUT2D eigenvalue weighted by molar-refractivity contribution is 5.68. The zero-order valence-electron chi connectivity index (χ0n) is 17.2. The Kier molecular flexibility index (Phi) is 7.54. The minimum Gasteiger partial charge on any atom is -0.481 e. The summed E-state index contributed by atoms with van der Waals surface area (Å²) in [5.41, 5.74) is 1.90. The molecule has 1 N–H and O–H groups in total. The van der Waals surface area contributed by atoms with E-state index in [2.05, 4.69) is 15.0 Å². The number of carbonyl (C=O) groups is 1. The molecule has 30 heavy (non-hydrogen) atoms. The minimum atomic E-state index is -0.733. The van der Waals surface area contributed by atoms with E-state index in [0.29, 0.717) is 0 Å². The highest BCUT2D eigenvalue weighted by atomic mass is 19.1. The predicted molar refractivity (Wildman–Crippen MR) is 115 cm³/mol. The van der Waals surface area contributed by atoms with Crippen molar-refractivity contribution in [1.29, 1.82) is 0 Å². The molecule has 6 nitrogen and oxygen atoms in total. The number of aromatic nitrogens is 3. The van der Waals surface area contributed by atoms with Crippen molar-refractivity contribution < 1.29 is 14.3 Å². The van der Waals surface area contributed by atoms with Crippen molar-refractivity contribution in [1.82, 2.24) is 14.8 Å². The summed E-state index contributed by atoms with van der Waals surface area (Å²) in [6.07, 6.45) is 8.52. The van der Waals surface area contributed by atoms with Crippen molar-refractivity contribution in [2.45, 2.75) is 38.5 Å². The Morgan fingerprint density at radius 2 is 1.73 bits per heavy atom. The Labute approximate surface area is 176 Å². The van der Waals surface area contributed by atoms with E-state index in [0.717, 1.165) is 61.4 Å². The number of pyridine rings is 1. The molecule has 0 saturated heterocycles. The number of aliphatic carboxylic acids is 1. The standard InChI is InChI=1S/C23H27FN4O2/c1-27-16-13-21(26-27)28(15-6-4-2-3-5-7-23(29)30)22-17-19(12-14-25-22)18-8-10-20(24)11-9-18/h8-14,16-17H,2-7,15H2,1H3,(H,29,30). The van der Waals surface area contributed by atoms with E-state index in [1.54, 1.807) is 23.0 Å². The second-order valence-corrected chi connectivity index (χ2v) is 7.32. The predicted octanol–water partition coefficient (Wildman–Crippen LogP) is 5.18. The van der Waals surface area contributed by atoms with E-state index < -0.39 is 5.97 Å². The number of benzene rings is 1. The normalized spacial score (nSPS) is 10.9. The van der Waals surface area contributed by atoms with E-state index in [4.69, 9.17) is 5.11 Å². The fourth-order valence-electron chi connectivity index (χ4n) is 3.36. The molecular formula is C23H27FN4O2. The number of rotatable bonds is 11. The van der Waals surface area contributed by atoms with Gasteiger partial charge in [0.25, 0.3) is 0 Å². The molecule has 1 aromatic carbocycles. The average molecular weight is 410 g/mol. The summed E-state index contributed by atoms with van der Waals surface area (Å²) in [6, 6.07) is 12.3. The Morgan fingerprint density at radius 3 is 2.43 bits per heavy atom. The molecular weight excluding hydrogens is 383 g/mol. The largest absolute Gasteiger partial charge is 0.481 e. The summed E-state index contributed by atoms with van der Waals surface area (Å²) in [4.78, 5) is 17.2. The molecule has 3 rings (SSSR count). The second-order valence-electron chi connectivity index (χ2n) is 7.32. The Hall–Kier alpha value is -3.22. The van der Waals surface area contributed by atoms with Gasteiger partial charge in [-0.05, 0) is 48.2 Å². The van der Waals surface area contributed by atoms with Gasteiger partial charge in [0.15, 0.2) is 5.82 Å². The lowest BCUT2D eigenvalue weighted by atomic mass is 10.1. The molecule has 0 atom stereocenters. The maximum absolute atomic E-state index is 13.3. The topological polar surface area (TPSA) is 71.2 Å². The molecule has 0 unspecified atom stereocenters. The van der Waals surface area contributed by atoms with Gasteiger partial charge in [-0.1, -0.05) is 31.4 Å². The average Bonchev–Trinajstić information content (AvgIpc) is 3.16. The second kappa shape index (κ2) is 10.5. The van der Waals surface area contributed by atoms with E-state index in [9.17, 15) is 9.18 Å². The summed E-state index contributed by atoms with van der Waals surface area (Å²) < 4.78 is 15.0. The molecule has 0 spiro atoms. The number of aryl methyl sites for hydroxylation is 1. The minimum absolute atomic E-state index is 0.236. The van der Waals surface area contributed by atoms with Gasteiger partial charge in [-0.15, -0.1) is 0 Å². The third-order valence-corrected chi connectivity index (χ3v) is 4.95. The molecule has 158 valence electrons. The number of unbranched alkanes of at least 4 members (excludes halogenated alkanes) is 4. The molecule has 2 aromatic heterocycles. The van der Waals surface area contributed by atoms with Gasteiger partial charge in [-0.2, -0.15) is 5.10 Å². The van der Waals surface area contributed by atoms with Crippen molar-refractivity contribution >= 4 is 17.6 Å². The van der Waals surface area contributed by atoms with E-state index in [1.165, 1.54) is 12.1 Å². The zero-order chi connectivity index (χ0) is 21.3. The first-order valence-corrected chi connectivity index (χ1v) is 10.2. The van der Waals surface area contributed by atoms with Crippen molar-refractivity contribution in [3.05, 3.63) is 60.7 Å². The smallest absolute Gasteiger partial charge is 0.303 e. The first kappa shape index (κ1) is 21.5. The first-order valence-electron chi connectivity index (χ1n) is 10.2. The van der Waals surface area contributed by atoms with Gasteiger partial charge in [-0.25, -0.2) is 9.37 Å². The number of nitrogens with zero attached hydrogens (tertiary/aromatic N) is 4. The van der Waals surface area contributed by atoms with Gasteiger partial charge >= 0.3 is 5.97 Å². The Bertz CT molecular complexity index is 956. The maximum Gasteiger partial charge on any atom is 0.303 e. The molecule has 0 bridgehead atoms. The monoisotopic (exact) mass is 410 g/mol. The number of hydrogen-bond acceptors (Lipinski definition) is 4. The summed E-state index contributed by atoms with van der Waals surface area (Å²) in [6.45, 7) is 0.760. The van der Waals surface area contributed by atoms with Gasteiger partial charge in [0, 0.05) is 38.5 Å². The number of carboxylic acids is 1. The first-order chi connectivity index (χ1) is 14.5. The third kappa shape index (κ3) is 6.14. The lowest BCUT2D eigenvalue weighted by molar-refractivity contribution is -0.137. The molecule has 2 heterocycles. The molecule has 0 aliphatic heterocycles. The number of carboxylic acid groups (broad SMARTS) is 1. The van der Waals surface area contributed by atoms with E-state index in [-0.39, 0.29) is 12.2 Å². The van der Waals surface area contributed by atoms with Crippen LogP contribution in [-0.4, -0.2) is 32.4 Å². The van der Waals surface area contributed by atoms with Crippen LogP contribution in [0.2, 0.25) is 0 Å². The van der Waals surface area contributed by atoms with Crippen LogP contribution in [0.5, 0.6) is 0 Å². The molecule has 0 amide bonds. The molecule has 0 aliphatic carbocycles. The van der Waals surface area contributed by atoms with Crippen LogP contribution in [0.4, 0.5) is 16.0 Å². The van der Waals surface area contributed by atoms with Crippen LogP contribution in [0.15, 0.2) is 54.9 Å². The van der Waals surface area contributed by atoms with Crippen LogP contribution in [0.1, 0.15) is 38.5 Å². The van der Waals surface area contributed by atoms with Crippen molar-refractivity contribution in [3.63, 3.8) is 0 Å². The zero-order valence-corrected chi connectivity index (χ0v) is 17.2. The van der Waals surface area contributed by atoms with Gasteiger partial charge in [0.1, 0.15) is 11.6 Å². The number of halogens is 1. The molecule has 0 saturated carbocycles.